The minimum atomic E-state index is -0.310. The van der Waals surface area contributed by atoms with Crippen LogP contribution < -0.4 is 0 Å². The molecule has 3 aromatic rings. The van der Waals surface area contributed by atoms with E-state index in [1.54, 1.807) is 12.1 Å². The highest BCUT2D eigenvalue weighted by atomic mass is 19.1. The van der Waals surface area contributed by atoms with Crippen LogP contribution in [-0.4, -0.2) is 41.4 Å². The number of halogens is 1. The van der Waals surface area contributed by atoms with Gasteiger partial charge in [0.05, 0.1) is 6.54 Å². The standard InChI is InChI=1S/C32H39FN2O2/c1-22-9-7-8-12-30(22)31-21-34(20-29-17-23(2)24(3)37-29)18-26(31)19-35(28-10-5-4-6-11-28)32(36)25-13-15-27(33)16-14-25/h7-9,12-17,26,28,31H,4-6,10-11,18-21H2,1-3H3. The molecule has 2 unspecified atom stereocenters. The molecule has 1 saturated carbocycles. The third kappa shape index (κ3) is 5.82. The van der Waals surface area contributed by atoms with E-state index in [-0.39, 0.29) is 17.8 Å². The van der Waals surface area contributed by atoms with Crippen molar-refractivity contribution in [3.63, 3.8) is 0 Å². The summed E-state index contributed by atoms with van der Waals surface area (Å²) in [5.74, 6) is 2.36. The molecule has 2 aromatic carbocycles. The van der Waals surface area contributed by atoms with Gasteiger partial charge in [-0.2, -0.15) is 0 Å². The van der Waals surface area contributed by atoms with E-state index < -0.39 is 0 Å². The van der Waals surface area contributed by atoms with E-state index in [4.69, 9.17) is 4.42 Å². The van der Waals surface area contributed by atoms with Crippen LogP contribution in [0, 0.1) is 32.5 Å². The lowest BCUT2D eigenvalue weighted by Crippen LogP contribution is -2.45. The van der Waals surface area contributed by atoms with E-state index in [2.05, 4.69) is 54.0 Å². The van der Waals surface area contributed by atoms with Crippen molar-refractivity contribution in [3.05, 3.63) is 94.2 Å². The third-order valence-electron chi connectivity index (χ3n) is 8.50. The number of furan rings is 1. The van der Waals surface area contributed by atoms with E-state index in [0.717, 1.165) is 56.8 Å². The summed E-state index contributed by atoms with van der Waals surface area (Å²) in [4.78, 5) is 18.5. The lowest BCUT2D eigenvalue weighted by Gasteiger charge is -2.37. The maximum absolute atomic E-state index is 13.8. The van der Waals surface area contributed by atoms with Gasteiger partial charge in [-0.1, -0.05) is 43.5 Å². The predicted octanol–water partition coefficient (Wildman–Crippen LogP) is 7.03. The molecule has 2 atom stereocenters. The number of nitrogens with zero attached hydrogens (tertiary/aromatic N) is 2. The first-order chi connectivity index (χ1) is 17.9. The summed E-state index contributed by atoms with van der Waals surface area (Å²) in [5.41, 5.74) is 4.45. The second kappa shape index (κ2) is 11.2. The fourth-order valence-electron chi connectivity index (χ4n) is 6.38. The minimum Gasteiger partial charge on any atom is -0.465 e. The van der Waals surface area contributed by atoms with Crippen molar-refractivity contribution in [1.29, 1.82) is 0 Å². The van der Waals surface area contributed by atoms with Gasteiger partial charge in [0.15, 0.2) is 0 Å². The maximum Gasteiger partial charge on any atom is 0.254 e. The van der Waals surface area contributed by atoms with E-state index in [9.17, 15) is 9.18 Å². The Labute approximate surface area is 220 Å². The number of rotatable bonds is 7. The summed E-state index contributed by atoms with van der Waals surface area (Å²) in [7, 11) is 0. The molecule has 1 saturated heterocycles. The van der Waals surface area contributed by atoms with E-state index in [1.807, 2.05) is 6.92 Å². The first kappa shape index (κ1) is 25.7. The molecule has 5 rings (SSSR count). The van der Waals surface area contributed by atoms with Crippen LogP contribution in [0.4, 0.5) is 4.39 Å². The lowest BCUT2D eigenvalue weighted by atomic mass is 9.85. The van der Waals surface area contributed by atoms with Gasteiger partial charge in [0.25, 0.3) is 5.91 Å². The van der Waals surface area contributed by atoms with Crippen LogP contribution in [0.15, 0.2) is 59.0 Å². The SMILES string of the molecule is Cc1ccccc1C1CN(Cc2cc(C)c(C)o2)CC1CN(C(=O)c1ccc(F)cc1)C1CCCCC1. The Balaban J connectivity index is 1.43. The van der Waals surface area contributed by atoms with Gasteiger partial charge in [0.1, 0.15) is 17.3 Å². The number of aryl methyl sites for hydroxylation is 3. The van der Waals surface area contributed by atoms with Crippen molar-refractivity contribution in [1.82, 2.24) is 9.80 Å². The van der Waals surface area contributed by atoms with E-state index in [1.165, 1.54) is 35.2 Å². The van der Waals surface area contributed by atoms with Crippen LogP contribution in [0.2, 0.25) is 0 Å². The molecule has 5 heteroatoms. The van der Waals surface area contributed by atoms with Crippen molar-refractivity contribution in [2.45, 2.75) is 71.4 Å². The Kier molecular flexibility index (Phi) is 7.80. The number of hydrogen-bond donors (Lipinski definition) is 0. The van der Waals surface area contributed by atoms with Crippen molar-refractivity contribution in [3.8, 4) is 0 Å². The van der Waals surface area contributed by atoms with Gasteiger partial charge < -0.3 is 9.32 Å². The molecule has 2 heterocycles. The highest BCUT2D eigenvalue weighted by Crippen LogP contribution is 2.37. The molecular formula is C32H39FN2O2. The van der Waals surface area contributed by atoms with Crippen LogP contribution in [0.1, 0.15) is 76.6 Å². The molecular weight excluding hydrogens is 463 g/mol. The maximum atomic E-state index is 13.8. The molecule has 0 N–H and O–H groups in total. The summed E-state index contributed by atoms with van der Waals surface area (Å²) in [6.07, 6.45) is 5.65. The predicted molar refractivity (Wildman–Crippen MR) is 145 cm³/mol. The Morgan fingerprint density at radius 2 is 1.70 bits per heavy atom. The Hall–Kier alpha value is -2.92. The topological polar surface area (TPSA) is 36.7 Å². The summed E-state index contributed by atoms with van der Waals surface area (Å²) in [6.45, 7) is 9.65. The second-order valence-electron chi connectivity index (χ2n) is 11.1. The smallest absolute Gasteiger partial charge is 0.254 e. The van der Waals surface area contributed by atoms with Crippen molar-refractivity contribution < 1.29 is 13.6 Å². The normalized spacial score (nSPS) is 20.9. The van der Waals surface area contributed by atoms with Crippen molar-refractivity contribution in [2.24, 2.45) is 5.92 Å². The molecule has 1 amide bonds. The number of likely N-dealkylation sites (tertiary alicyclic amines) is 1. The Bertz CT molecular complexity index is 1190. The van der Waals surface area contributed by atoms with Crippen LogP contribution >= 0.6 is 0 Å². The molecule has 2 aliphatic rings. The second-order valence-corrected chi connectivity index (χ2v) is 11.1. The fraction of sp³-hybridized carbons (Fsp3) is 0.469. The summed E-state index contributed by atoms with van der Waals surface area (Å²) in [5, 5.41) is 0. The third-order valence-corrected chi connectivity index (χ3v) is 8.50. The van der Waals surface area contributed by atoms with Crippen LogP contribution in [0.25, 0.3) is 0 Å². The minimum absolute atomic E-state index is 0.0335. The molecule has 1 aromatic heterocycles. The first-order valence-corrected chi connectivity index (χ1v) is 13.8. The number of carbonyl (C=O) groups is 1. The lowest BCUT2D eigenvalue weighted by molar-refractivity contribution is 0.0587. The average Bonchev–Trinajstić information content (AvgIpc) is 3.44. The van der Waals surface area contributed by atoms with Gasteiger partial charge in [-0.15, -0.1) is 0 Å². The molecule has 0 spiro atoms. The zero-order chi connectivity index (χ0) is 25.9. The van der Waals surface area contributed by atoms with Crippen molar-refractivity contribution in [2.75, 3.05) is 19.6 Å². The molecule has 1 aliphatic carbocycles. The fourth-order valence-corrected chi connectivity index (χ4v) is 6.38. The number of carbonyl (C=O) groups excluding carboxylic acids is 1. The summed E-state index contributed by atoms with van der Waals surface area (Å²) < 4.78 is 19.6. The highest BCUT2D eigenvalue weighted by Gasteiger charge is 2.38. The van der Waals surface area contributed by atoms with Crippen LogP contribution in [-0.2, 0) is 6.54 Å². The molecule has 2 fully saturated rings. The largest absolute Gasteiger partial charge is 0.465 e. The van der Waals surface area contributed by atoms with Gasteiger partial charge in [0, 0.05) is 37.2 Å². The zero-order valence-corrected chi connectivity index (χ0v) is 22.4. The van der Waals surface area contributed by atoms with Gasteiger partial charge in [-0.3, -0.25) is 9.69 Å². The summed E-state index contributed by atoms with van der Waals surface area (Å²) >= 11 is 0. The Morgan fingerprint density at radius 1 is 0.973 bits per heavy atom. The first-order valence-electron chi connectivity index (χ1n) is 13.8. The number of hydrogen-bond acceptors (Lipinski definition) is 3. The molecule has 0 radical (unpaired) electrons. The highest BCUT2D eigenvalue weighted by molar-refractivity contribution is 5.94. The quantitative estimate of drug-likeness (QED) is 0.348. The van der Waals surface area contributed by atoms with Gasteiger partial charge in [-0.25, -0.2) is 4.39 Å². The number of amides is 1. The molecule has 0 bridgehead atoms. The van der Waals surface area contributed by atoms with Crippen molar-refractivity contribution >= 4 is 5.91 Å². The molecule has 1 aliphatic heterocycles. The van der Waals surface area contributed by atoms with E-state index >= 15 is 0 Å². The average molecular weight is 503 g/mol. The van der Waals surface area contributed by atoms with Gasteiger partial charge in [-0.05, 0) is 86.6 Å². The Morgan fingerprint density at radius 3 is 2.38 bits per heavy atom. The molecule has 4 nitrogen and oxygen atoms in total. The van der Waals surface area contributed by atoms with Gasteiger partial charge in [0.2, 0.25) is 0 Å². The summed E-state index contributed by atoms with van der Waals surface area (Å²) in [6, 6.07) is 17.1. The molecule has 37 heavy (non-hydrogen) atoms. The van der Waals surface area contributed by atoms with Crippen LogP contribution in [0.5, 0.6) is 0 Å². The monoisotopic (exact) mass is 502 g/mol. The van der Waals surface area contributed by atoms with Crippen LogP contribution in [0.3, 0.4) is 0 Å². The number of benzene rings is 2. The zero-order valence-electron chi connectivity index (χ0n) is 22.4. The molecule has 196 valence electrons. The van der Waals surface area contributed by atoms with E-state index in [0.29, 0.717) is 23.9 Å². The van der Waals surface area contributed by atoms with Gasteiger partial charge >= 0.3 is 0 Å².